The Hall–Kier alpha value is -3.13. The maximum Gasteiger partial charge on any atom is 0.264 e. The van der Waals surface area contributed by atoms with E-state index >= 15 is 0 Å². The summed E-state index contributed by atoms with van der Waals surface area (Å²) < 4.78 is 67.6. The van der Waals surface area contributed by atoms with E-state index in [1.165, 1.54) is 56.7 Å². The molecule has 0 aromatic heterocycles. The number of benzene rings is 3. The Morgan fingerprint density at radius 2 is 1.55 bits per heavy atom. The third kappa shape index (κ3) is 4.34. The summed E-state index contributed by atoms with van der Waals surface area (Å²) in [6.45, 7) is 3.11. The molecule has 1 atom stereocenters. The minimum atomic E-state index is -4.27. The highest BCUT2D eigenvalue weighted by Gasteiger charge is 2.32. The zero-order valence-electron chi connectivity index (χ0n) is 17.6. The molecule has 3 rings (SSSR count). The Bertz CT molecular complexity index is 1200. The second kappa shape index (κ2) is 8.93. The molecule has 1 unspecified atom stereocenters. The van der Waals surface area contributed by atoms with Crippen LogP contribution >= 0.6 is 0 Å². The summed E-state index contributed by atoms with van der Waals surface area (Å²) in [6, 6.07) is 13.2. The van der Waals surface area contributed by atoms with Gasteiger partial charge in [-0.05, 0) is 49.7 Å². The van der Waals surface area contributed by atoms with Crippen LogP contribution in [0.2, 0.25) is 0 Å². The first-order valence-corrected chi connectivity index (χ1v) is 10.9. The summed E-state index contributed by atoms with van der Waals surface area (Å²) in [5.74, 6) is -0.489. The van der Waals surface area contributed by atoms with E-state index in [-0.39, 0.29) is 16.1 Å². The lowest BCUT2D eigenvalue weighted by atomic mass is 10.1. The molecule has 0 aliphatic rings. The molecule has 164 valence electrons. The number of hydrogen-bond acceptors (Lipinski definition) is 4. The van der Waals surface area contributed by atoms with Crippen LogP contribution in [-0.4, -0.2) is 22.6 Å². The third-order valence-electron chi connectivity index (χ3n) is 5.03. The molecule has 0 saturated carbocycles. The Kier molecular flexibility index (Phi) is 6.50. The van der Waals surface area contributed by atoms with Crippen LogP contribution in [0, 0.1) is 18.6 Å². The SMILES string of the molecule is COc1ccc(N(C(C)c2ccccc2F)S(=O)(=O)c2ccc(C)c(F)c2)cc1OC. The Morgan fingerprint density at radius 3 is 2.16 bits per heavy atom. The minimum Gasteiger partial charge on any atom is -0.493 e. The normalized spacial score (nSPS) is 12.3. The van der Waals surface area contributed by atoms with Gasteiger partial charge in [0.2, 0.25) is 0 Å². The molecule has 0 aliphatic carbocycles. The molecule has 0 N–H and O–H groups in total. The largest absolute Gasteiger partial charge is 0.493 e. The average molecular weight is 448 g/mol. The highest BCUT2D eigenvalue weighted by atomic mass is 32.2. The van der Waals surface area contributed by atoms with Crippen LogP contribution in [0.3, 0.4) is 0 Å². The smallest absolute Gasteiger partial charge is 0.264 e. The zero-order valence-corrected chi connectivity index (χ0v) is 18.4. The molecule has 0 heterocycles. The van der Waals surface area contributed by atoms with E-state index in [1.807, 2.05) is 0 Å². The first kappa shape index (κ1) is 22.6. The van der Waals surface area contributed by atoms with E-state index in [9.17, 15) is 17.2 Å². The lowest BCUT2D eigenvalue weighted by Crippen LogP contribution is -2.34. The van der Waals surface area contributed by atoms with Gasteiger partial charge in [-0.15, -0.1) is 0 Å². The lowest BCUT2D eigenvalue weighted by Gasteiger charge is -2.31. The first-order chi connectivity index (χ1) is 14.7. The van der Waals surface area contributed by atoms with E-state index in [4.69, 9.17) is 9.47 Å². The standard InChI is InChI=1S/C23H23F2NO4S/c1-15-9-11-18(14-21(15)25)31(27,28)26(16(2)19-7-5-6-8-20(19)24)17-10-12-22(29-3)23(13-17)30-4/h5-14,16H,1-4H3. The van der Waals surface area contributed by atoms with Crippen molar-refractivity contribution in [1.82, 2.24) is 0 Å². The number of anilines is 1. The van der Waals surface area contributed by atoms with Crippen molar-refractivity contribution in [3.8, 4) is 11.5 Å². The second-order valence-corrected chi connectivity index (χ2v) is 8.76. The molecule has 0 radical (unpaired) electrons. The molecule has 31 heavy (non-hydrogen) atoms. The second-order valence-electron chi connectivity index (χ2n) is 6.95. The van der Waals surface area contributed by atoms with Gasteiger partial charge in [-0.1, -0.05) is 24.3 Å². The summed E-state index contributed by atoms with van der Waals surface area (Å²) in [5.41, 5.74) is 0.710. The average Bonchev–Trinajstić information content (AvgIpc) is 2.75. The Labute approximate surface area is 180 Å². The van der Waals surface area contributed by atoms with Crippen molar-refractivity contribution >= 4 is 15.7 Å². The number of halogens is 2. The highest BCUT2D eigenvalue weighted by molar-refractivity contribution is 7.92. The van der Waals surface area contributed by atoms with Gasteiger partial charge in [0.05, 0.1) is 30.8 Å². The van der Waals surface area contributed by atoms with Gasteiger partial charge < -0.3 is 9.47 Å². The maximum absolute atomic E-state index is 14.6. The predicted molar refractivity (Wildman–Crippen MR) is 115 cm³/mol. The Balaban J connectivity index is 2.24. The molecule has 5 nitrogen and oxygen atoms in total. The molecular formula is C23H23F2NO4S. The topological polar surface area (TPSA) is 55.8 Å². The quantitative estimate of drug-likeness (QED) is 0.497. The molecule has 8 heteroatoms. The monoisotopic (exact) mass is 447 g/mol. The molecular weight excluding hydrogens is 424 g/mol. The van der Waals surface area contributed by atoms with Gasteiger partial charge in [0.1, 0.15) is 11.6 Å². The van der Waals surface area contributed by atoms with Crippen molar-refractivity contribution < 1.29 is 26.7 Å². The van der Waals surface area contributed by atoms with Crippen molar-refractivity contribution in [2.75, 3.05) is 18.5 Å². The van der Waals surface area contributed by atoms with Gasteiger partial charge >= 0.3 is 0 Å². The van der Waals surface area contributed by atoms with Crippen LogP contribution in [0.25, 0.3) is 0 Å². The molecule has 0 fully saturated rings. The molecule has 0 aliphatic heterocycles. The summed E-state index contributed by atoms with van der Waals surface area (Å²) in [6.07, 6.45) is 0. The Morgan fingerprint density at radius 1 is 0.871 bits per heavy atom. The number of sulfonamides is 1. The van der Waals surface area contributed by atoms with Crippen LogP contribution in [0.15, 0.2) is 65.6 Å². The number of rotatable bonds is 7. The van der Waals surface area contributed by atoms with Crippen LogP contribution in [-0.2, 0) is 10.0 Å². The van der Waals surface area contributed by atoms with Crippen molar-refractivity contribution in [3.63, 3.8) is 0 Å². The van der Waals surface area contributed by atoms with E-state index in [0.29, 0.717) is 17.1 Å². The van der Waals surface area contributed by atoms with Gasteiger partial charge in [0.15, 0.2) is 11.5 Å². The number of ether oxygens (including phenoxy) is 2. The predicted octanol–water partition coefficient (Wildman–Crippen LogP) is 5.25. The van der Waals surface area contributed by atoms with E-state index in [1.54, 1.807) is 26.0 Å². The fraction of sp³-hybridized carbons (Fsp3) is 0.217. The number of aryl methyl sites for hydroxylation is 1. The first-order valence-electron chi connectivity index (χ1n) is 9.47. The van der Waals surface area contributed by atoms with Crippen LogP contribution < -0.4 is 13.8 Å². The van der Waals surface area contributed by atoms with Crippen LogP contribution in [0.5, 0.6) is 11.5 Å². The summed E-state index contributed by atoms with van der Waals surface area (Å²) in [7, 11) is -1.38. The van der Waals surface area contributed by atoms with Gasteiger partial charge in [-0.25, -0.2) is 17.2 Å². The maximum atomic E-state index is 14.6. The van der Waals surface area contributed by atoms with Crippen LogP contribution in [0.1, 0.15) is 24.1 Å². The molecule has 0 amide bonds. The van der Waals surface area contributed by atoms with E-state index in [0.717, 1.165) is 10.4 Å². The summed E-state index contributed by atoms with van der Waals surface area (Å²) >= 11 is 0. The number of methoxy groups -OCH3 is 2. The van der Waals surface area contributed by atoms with E-state index < -0.39 is 27.7 Å². The van der Waals surface area contributed by atoms with Gasteiger partial charge in [-0.2, -0.15) is 0 Å². The molecule has 3 aromatic rings. The van der Waals surface area contributed by atoms with E-state index in [2.05, 4.69) is 0 Å². The fourth-order valence-corrected chi connectivity index (χ4v) is 4.96. The third-order valence-corrected chi connectivity index (χ3v) is 6.92. The fourth-order valence-electron chi connectivity index (χ4n) is 3.32. The molecule has 0 spiro atoms. The van der Waals surface area contributed by atoms with Crippen molar-refractivity contribution in [1.29, 1.82) is 0 Å². The van der Waals surface area contributed by atoms with Crippen molar-refractivity contribution in [3.05, 3.63) is 83.4 Å². The van der Waals surface area contributed by atoms with Gasteiger partial charge in [0, 0.05) is 11.6 Å². The lowest BCUT2D eigenvalue weighted by molar-refractivity contribution is 0.355. The van der Waals surface area contributed by atoms with Crippen molar-refractivity contribution in [2.45, 2.75) is 24.8 Å². The van der Waals surface area contributed by atoms with Crippen molar-refractivity contribution in [2.24, 2.45) is 0 Å². The van der Waals surface area contributed by atoms with Gasteiger partial charge in [-0.3, -0.25) is 4.31 Å². The summed E-state index contributed by atoms with van der Waals surface area (Å²) in [4.78, 5) is -0.242. The molecule has 0 bridgehead atoms. The highest BCUT2D eigenvalue weighted by Crippen LogP contribution is 2.39. The zero-order chi connectivity index (χ0) is 22.8. The van der Waals surface area contributed by atoms with Gasteiger partial charge in [0.25, 0.3) is 10.0 Å². The molecule has 0 saturated heterocycles. The molecule has 3 aromatic carbocycles. The summed E-state index contributed by atoms with van der Waals surface area (Å²) in [5, 5.41) is 0. The number of nitrogens with zero attached hydrogens (tertiary/aromatic N) is 1. The number of hydrogen-bond donors (Lipinski definition) is 0. The minimum absolute atomic E-state index is 0.174. The van der Waals surface area contributed by atoms with Crippen LogP contribution in [0.4, 0.5) is 14.5 Å².